The summed E-state index contributed by atoms with van der Waals surface area (Å²) in [7, 11) is 0. The normalized spacial score (nSPS) is 11.1. The van der Waals surface area contributed by atoms with Crippen molar-refractivity contribution in [1.29, 1.82) is 0 Å². The van der Waals surface area contributed by atoms with Crippen molar-refractivity contribution in [2.45, 2.75) is 27.3 Å². The summed E-state index contributed by atoms with van der Waals surface area (Å²) in [4.78, 5) is 24.9. The van der Waals surface area contributed by atoms with Crippen LogP contribution in [0.3, 0.4) is 0 Å². The van der Waals surface area contributed by atoms with E-state index in [9.17, 15) is 9.59 Å². The highest BCUT2D eigenvalue weighted by Crippen LogP contribution is 2.25. The summed E-state index contributed by atoms with van der Waals surface area (Å²) in [6, 6.07) is 12.5. The third-order valence-electron chi connectivity index (χ3n) is 3.83. The summed E-state index contributed by atoms with van der Waals surface area (Å²) in [5.41, 5.74) is 1.31. The standard InChI is InChI=1S/C19H20Cl2N2O2/c1-12-4-6-13(7-5-12)11-22-17(24)19(2,3)18(25)23-16-9-14(20)8-15(21)10-16/h4-10H,11H2,1-3H3,(H,22,24)(H,23,25). The third kappa shape index (κ3) is 5.21. The van der Waals surface area contributed by atoms with Crippen LogP contribution in [0.15, 0.2) is 42.5 Å². The number of anilines is 1. The molecule has 2 aromatic carbocycles. The summed E-state index contributed by atoms with van der Waals surface area (Å²) in [6.07, 6.45) is 0. The highest BCUT2D eigenvalue weighted by Gasteiger charge is 2.36. The molecule has 0 atom stereocenters. The topological polar surface area (TPSA) is 58.2 Å². The highest BCUT2D eigenvalue weighted by molar-refractivity contribution is 6.35. The lowest BCUT2D eigenvalue weighted by atomic mass is 9.90. The average molecular weight is 379 g/mol. The number of rotatable bonds is 5. The second kappa shape index (κ2) is 7.89. The minimum absolute atomic E-state index is 0.360. The maximum absolute atomic E-state index is 12.5. The molecule has 0 fully saturated rings. The van der Waals surface area contributed by atoms with E-state index in [1.807, 2.05) is 31.2 Å². The Morgan fingerprint density at radius 1 is 0.960 bits per heavy atom. The molecule has 2 rings (SSSR count). The number of hydrogen-bond donors (Lipinski definition) is 2. The molecule has 0 unspecified atom stereocenters. The molecule has 2 N–H and O–H groups in total. The lowest BCUT2D eigenvalue weighted by Gasteiger charge is -2.23. The zero-order valence-electron chi connectivity index (χ0n) is 14.3. The fraction of sp³-hybridized carbons (Fsp3) is 0.263. The second-order valence-electron chi connectivity index (χ2n) is 6.41. The SMILES string of the molecule is Cc1ccc(CNC(=O)C(C)(C)C(=O)Nc2cc(Cl)cc(Cl)c2)cc1. The van der Waals surface area contributed by atoms with Gasteiger partial charge in [-0.3, -0.25) is 9.59 Å². The van der Waals surface area contributed by atoms with E-state index in [-0.39, 0.29) is 5.91 Å². The number of carbonyl (C=O) groups is 2. The lowest BCUT2D eigenvalue weighted by molar-refractivity contribution is -0.138. The van der Waals surface area contributed by atoms with Crippen LogP contribution in [0.5, 0.6) is 0 Å². The Hall–Kier alpha value is -2.04. The van der Waals surface area contributed by atoms with Gasteiger partial charge in [-0.05, 0) is 44.5 Å². The van der Waals surface area contributed by atoms with Crippen LogP contribution in [0.4, 0.5) is 5.69 Å². The molecule has 0 radical (unpaired) electrons. The smallest absolute Gasteiger partial charge is 0.239 e. The van der Waals surface area contributed by atoms with Gasteiger partial charge < -0.3 is 10.6 Å². The Labute approximate surface area is 157 Å². The van der Waals surface area contributed by atoms with Gasteiger partial charge in [0.05, 0.1) is 0 Å². The van der Waals surface area contributed by atoms with Crippen molar-refractivity contribution in [2.75, 3.05) is 5.32 Å². The predicted molar refractivity (Wildman–Crippen MR) is 102 cm³/mol. The lowest BCUT2D eigenvalue weighted by Crippen LogP contribution is -2.44. The number of benzene rings is 2. The van der Waals surface area contributed by atoms with Crippen molar-refractivity contribution in [2.24, 2.45) is 5.41 Å². The van der Waals surface area contributed by atoms with Gasteiger partial charge in [0.15, 0.2) is 0 Å². The van der Waals surface area contributed by atoms with Crippen LogP contribution in [0.1, 0.15) is 25.0 Å². The van der Waals surface area contributed by atoms with Gasteiger partial charge in [0, 0.05) is 22.3 Å². The van der Waals surface area contributed by atoms with Crippen molar-refractivity contribution in [1.82, 2.24) is 5.32 Å². The van der Waals surface area contributed by atoms with E-state index < -0.39 is 11.3 Å². The maximum atomic E-state index is 12.5. The monoisotopic (exact) mass is 378 g/mol. The van der Waals surface area contributed by atoms with Crippen molar-refractivity contribution >= 4 is 40.7 Å². The Kier molecular flexibility index (Phi) is 6.09. The zero-order valence-corrected chi connectivity index (χ0v) is 15.8. The summed E-state index contributed by atoms with van der Waals surface area (Å²) < 4.78 is 0. The Morgan fingerprint density at radius 3 is 2.08 bits per heavy atom. The Morgan fingerprint density at radius 2 is 1.52 bits per heavy atom. The average Bonchev–Trinajstić information content (AvgIpc) is 2.52. The maximum Gasteiger partial charge on any atom is 0.239 e. The minimum atomic E-state index is -1.25. The molecule has 0 saturated heterocycles. The molecule has 0 bridgehead atoms. The molecule has 4 nitrogen and oxygen atoms in total. The molecular weight excluding hydrogens is 359 g/mol. The molecule has 6 heteroatoms. The van der Waals surface area contributed by atoms with Gasteiger partial charge in [0.25, 0.3) is 0 Å². The molecule has 0 heterocycles. The first-order valence-electron chi connectivity index (χ1n) is 7.80. The number of halogens is 2. The summed E-state index contributed by atoms with van der Waals surface area (Å²) in [6.45, 7) is 5.49. The van der Waals surface area contributed by atoms with Gasteiger partial charge in [-0.15, -0.1) is 0 Å². The van der Waals surface area contributed by atoms with E-state index in [0.29, 0.717) is 22.3 Å². The number of hydrogen-bond acceptors (Lipinski definition) is 2. The van der Waals surface area contributed by atoms with E-state index in [1.165, 1.54) is 0 Å². The molecule has 0 aliphatic rings. The molecular formula is C19H20Cl2N2O2. The van der Waals surface area contributed by atoms with Gasteiger partial charge in [-0.25, -0.2) is 0 Å². The molecule has 0 saturated carbocycles. The van der Waals surface area contributed by atoms with Crippen LogP contribution in [0, 0.1) is 12.3 Å². The van der Waals surface area contributed by atoms with Crippen molar-refractivity contribution < 1.29 is 9.59 Å². The van der Waals surface area contributed by atoms with Crippen LogP contribution in [0.25, 0.3) is 0 Å². The first kappa shape index (κ1) is 19.3. The molecule has 0 aliphatic carbocycles. The number of amides is 2. The Bertz CT molecular complexity index is 766. The highest BCUT2D eigenvalue weighted by atomic mass is 35.5. The molecule has 2 aromatic rings. The van der Waals surface area contributed by atoms with E-state index in [4.69, 9.17) is 23.2 Å². The van der Waals surface area contributed by atoms with E-state index >= 15 is 0 Å². The second-order valence-corrected chi connectivity index (χ2v) is 7.28. The number of nitrogens with one attached hydrogen (secondary N) is 2. The summed E-state index contributed by atoms with van der Waals surface area (Å²) in [5, 5.41) is 6.29. The van der Waals surface area contributed by atoms with E-state index in [1.54, 1.807) is 32.0 Å². The van der Waals surface area contributed by atoms with Crippen molar-refractivity contribution in [3.63, 3.8) is 0 Å². The number of carbonyl (C=O) groups excluding carboxylic acids is 2. The van der Waals surface area contributed by atoms with Gasteiger partial charge >= 0.3 is 0 Å². The fourth-order valence-corrected chi connectivity index (χ4v) is 2.65. The fourth-order valence-electron chi connectivity index (χ4n) is 2.13. The quantitative estimate of drug-likeness (QED) is 0.747. The molecule has 0 aromatic heterocycles. The largest absolute Gasteiger partial charge is 0.351 e. The van der Waals surface area contributed by atoms with Crippen LogP contribution in [-0.4, -0.2) is 11.8 Å². The van der Waals surface area contributed by atoms with Crippen molar-refractivity contribution in [3.05, 3.63) is 63.6 Å². The first-order valence-corrected chi connectivity index (χ1v) is 8.55. The molecule has 0 aliphatic heterocycles. The molecule has 25 heavy (non-hydrogen) atoms. The zero-order chi connectivity index (χ0) is 18.6. The molecule has 2 amide bonds. The van der Waals surface area contributed by atoms with Crippen LogP contribution < -0.4 is 10.6 Å². The van der Waals surface area contributed by atoms with Crippen LogP contribution >= 0.6 is 23.2 Å². The summed E-state index contributed by atoms with van der Waals surface area (Å²) >= 11 is 11.8. The van der Waals surface area contributed by atoms with Crippen LogP contribution in [0.2, 0.25) is 10.0 Å². The van der Waals surface area contributed by atoms with Gasteiger partial charge in [0.1, 0.15) is 5.41 Å². The molecule has 0 spiro atoms. The molecule has 132 valence electrons. The minimum Gasteiger partial charge on any atom is -0.351 e. The van der Waals surface area contributed by atoms with Crippen molar-refractivity contribution in [3.8, 4) is 0 Å². The number of aryl methyl sites for hydroxylation is 1. The summed E-state index contributed by atoms with van der Waals surface area (Å²) in [5.74, 6) is -0.800. The van der Waals surface area contributed by atoms with E-state index in [0.717, 1.165) is 11.1 Å². The van der Waals surface area contributed by atoms with E-state index in [2.05, 4.69) is 10.6 Å². The van der Waals surface area contributed by atoms with Gasteiger partial charge in [0.2, 0.25) is 11.8 Å². The Balaban J connectivity index is 2.01. The van der Waals surface area contributed by atoms with Crippen LogP contribution in [-0.2, 0) is 16.1 Å². The first-order chi connectivity index (χ1) is 11.7. The van der Waals surface area contributed by atoms with Gasteiger partial charge in [-0.1, -0.05) is 53.0 Å². The van der Waals surface area contributed by atoms with Gasteiger partial charge in [-0.2, -0.15) is 0 Å². The third-order valence-corrected chi connectivity index (χ3v) is 4.27. The predicted octanol–water partition coefficient (Wildman–Crippen LogP) is 4.58.